The number of benzene rings is 2. The normalized spacial score (nSPS) is 11.5. The van der Waals surface area contributed by atoms with Crippen LogP contribution in [0.15, 0.2) is 55.1 Å². The van der Waals surface area contributed by atoms with Crippen molar-refractivity contribution in [1.82, 2.24) is 5.32 Å². The van der Waals surface area contributed by atoms with Crippen molar-refractivity contribution in [1.29, 1.82) is 0 Å². The maximum atomic E-state index is 12.8. The molecule has 0 radical (unpaired) electrons. The number of rotatable bonds is 7. The van der Waals surface area contributed by atoms with Crippen LogP contribution in [0.4, 0.5) is 13.2 Å². The van der Waals surface area contributed by atoms with Crippen molar-refractivity contribution in [2.24, 2.45) is 0 Å². The van der Waals surface area contributed by atoms with Gasteiger partial charge in [-0.3, -0.25) is 0 Å². The van der Waals surface area contributed by atoms with Crippen molar-refractivity contribution in [3.8, 4) is 12.8 Å². The molecule has 1 atom stereocenters. The van der Waals surface area contributed by atoms with E-state index in [-0.39, 0.29) is 6.04 Å². The lowest BCUT2D eigenvalue weighted by molar-refractivity contribution is -0.137. The van der Waals surface area contributed by atoms with Crippen molar-refractivity contribution in [3.05, 3.63) is 82.2 Å². The van der Waals surface area contributed by atoms with Crippen LogP contribution in [-0.4, -0.2) is 6.54 Å². The molecule has 2 aromatic rings. The molecular formula is C28H38F3N. The first-order chi connectivity index (χ1) is 15.3. The van der Waals surface area contributed by atoms with E-state index in [2.05, 4.69) is 44.3 Å². The van der Waals surface area contributed by atoms with Crippen molar-refractivity contribution >= 4 is 12.7 Å². The van der Waals surface area contributed by atoms with E-state index in [1.807, 2.05) is 45.9 Å². The first kappa shape index (κ1) is 31.4. The van der Waals surface area contributed by atoms with Crippen LogP contribution < -0.4 is 15.8 Å². The lowest BCUT2D eigenvalue weighted by Crippen LogP contribution is -2.32. The van der Waals surface area contributed by atoms with E-state index < -0.39 is 11.7 Å². The van der Waals surface area contributed by atoms with Gasteiger partial charge in [0.25, 0.3) is 0 Å². The first-order valence-electron chi connectivity index (χ1n) is 11.0. The lowest BCUT2D eigenvalue weighted by atomic mass is 10.0. The second-order valence-electron chi connectivity index (χ2n) is 6.30. The minimum absolute atomic E-state index is 0.115. The van der Waals surface area contributed by atoms with Gasteiger partial charge in [0.05, 0.1) is 5.56 Å². The number of alkyl halides is 3. The average molecular weight is 446 g/mol. The van der Waals surface area contributed by atoms with Crippen LogP contribution in [0, 0.1) is 12.8 Å². The van der Waals surface area contributed by atoms with Crippen LogP contribution in [0.2, 0.25) is 0 Å². The zero-order valence-corrected chi connectivity index (χ0v) is 20.1. The molecule has 0 spiro atoms. The minimum atomic E-state index is -4.29. The van der Waals surface area contributed by atoms with Crippen molar-refractivity contribution in [2.75, 3.05) is 6.54 Å². The quantitative estimate of drug-likeness (QED) is 0.371. The van der Waals surface area contributed by atoms with Gasteiger partial charge in [-0.2, -0.15) is 13.2 Å². The Kier molecular flexibility index (Phi) is 17.5. The third kappa shape index (κ3) is 11.0. The summed E-state index contributed by atoms with van der Waals surface area (Å²) >= 11 is 0. The Labute approximate surface area is 192 Å². The smallest absolute Gasteiger partial charge is 0.310 e. The monoisotopic (exact) mass is 445 g/mol. The minimum Gasteiger partial charge on any atom is -0.310 e. The lowest BCUT2D eigenvalue weighted by Gasteiger charge is -2.15. The van der Waals surface area contributed by atoms with Gasteiger partial charge in [0.2, 0.25) is 0 Å². The molecule has 0 saturated heterocycles. The Morgan fingerprint density at radius 3 is 2.19 bits per heavy atom. The zero-order valence-electron chi connectivity index (χ0n) is 20.1. The van der Waals surface area contributed by atoms with Crippen LogP contribution in [0.1, 0.15) is 63.8 Å². The van der Waals surface area contributed by atoms with E-state index >= 15 is 0 Å². The fourth-order valence-corrected chi connectivity index (χ4v) is 2.96. The fourth-order valence-electron chi connectivity index (χ4n) is 2.96. The first-order valence-corrected chi connectivity index (χ1v) is 11.0. The Bertz CT molecular complexity index is 895. The number of nitrogens with one attached hydrogen (secondary N) is 1. The highest BCUT2D eigenvalue weighted by atomic mass is 19.4. The van der Waals surface area contributed by atoms with Gasteiger partial charge in [-0.05, 0) is 53.9 Å². The summed E-state index contributed by atoms with van der Waals surface area (Å²) in [7, 11) is 0. The Hall–Kier alpha value is -2.77. The molecule has 176 valence electrons. The molecule has 2 rings (SSSR count). The van der Waals surface area contributed by atoms with E-state index in [1.54, 1.807) is 12.1 Å². The maximum Gasteiger partial charge on any atom is 0.416 e. The average Bonchev–Trinajstić information content (AvgIpc) is 2.81. The highest BCUT2D eigenvalue weighted by molar-refractivity contribution is 5.40. The largest absolute Gasteiger partial charge is 0.416 e. The summed E-state index contributed by atoms with van der Waals surface area (Å²) < 4.78 is 38.3. The fraction of sp³-hybridized carbons (Fsp3) is 0.357. The Morgan fingerprint density at radius 2 is 1.62 bits per heavy atom. The molecule has 0 heterocycles. The molecule has 1 N–H and O–H groups in total. The standard InChI is InChI=1S/C22H24F3N.2C2H6.C2H2/c1-4-8-20-16(2)9-5-13-21(20)17(3)26-14-7-11-18-10-6-12-19(15-18)22(23,24)25;3*1-2/h4-6,8-10,12-13,15,17,26H,1-2,7,11,14H2,3H3;2*1-2H3;1-2H/b20-8+;;;/t17-;;;/m1.../s1. The van der Waals surface area contributed by atoms with Gasteiger partial charge in [0.15, 0.2) is 0 Å². The number of aryl methyl sites for hydroxylation is 1. The molecule has 0 unspecified atom stereocenters. The topological polar surface area (TPSA) is 12.0 Å². The molecule has 0 aliphatic carbocycles. The number of hydrogen-bond donors (Lipinski definition) is 1. The Balaban J connectivity index is 0. The van der Waals surface area contributed by atoms with Crippen LogP contribution in [0.3, 0.4) is 0 Å². The zero-order chi connectivity index (χ0) is 25.2. The van der Waals surface area contributed by atoms with Gasteiger partial charge in [0.1, 0.15) is 0 Å². The molecule has 0 saturated carbocycles. The van der Waals surface area contributed by atoms with E-state index in [1.165, 1.54) is 12.1 Å². The second kappa shape index (κ2) is 17.9. The summed E-state index contributed by atoms with van der Waals surface area (Å²) in [6.45, 7) is 18.6. The summed E-state index contributed by atoms with van der Waals surface area (Å²) in [5, 5.41) is 5.44. The van der Waals surface area contributed by atoms with Crippen LogP contribution in [-0.2, 0) is 12.6 Å². The molecule has 0 aromatic heterocycles. The van der Waals surface area contributed by atoms with Gasteiger partial charge >= 0.3 is 6.18 Å². The van der Waals surface area contributed by atoms with Crippen molar-refractivity contribution < 1.29 is 13.2 Å². The van der Waals surface area contributed by atoms with Crippen molar-refractivity contribution in [2.45, 2.75) is 59.7 Å². The predicted molar refractivity (Wildman–Crippen MR) is 135 cm³/mol. The molecule has 0 fully saturated rings. The van der Waals surface area contributed by atoms with Gasteiger partial charge in [0, 0.05) is 6.04 Å². The molecule has 0 aliphatic heterocycles. The highest BCUT2D eigenvalue weighted by Gasteiger charge is 2.30. The molecule has 0 amide bonds. The summed E-state index contributed by atoms with van der Waals surface area (Å²) in [6, 6.07) is 11.6. The molecule has 0 aliphatic rings. The van der Waals surface area contributed by atoms with Crippen LogP contribution in [0.25, 0.3) is 12.7 Å². The van der Waals surface area contributed by atoms with E-state index in [4.69, 9.17) is 0 Å². The molecule has 0 bridgehead atoms. The molecular weight excluding hydrogens is 407 g/mol. The van der Waals surface area contributed by atoms with Crippen molar-refractivity contribution in [3.63, 3.8) is 0 Å². The molecule has 32 heavy (non-hydrogen) atoms. The third-order valence-corrected chi connectivity index (χ3v) is 4.33. The van der Waals surface area contributed by atoms with Crippen LogP contribution in [0.5, 0.6) is 0 Å². The van der Waals surface area contributed by atoms with Gasteiger partial charge < -0.3 is 5.32 Å². The van der Waals surface area contributed by atoms with Gasteiger partial charge in [-0.1, -0.05) is 89.4 Å². The van der Waals surface area contributed by atoms with E-state index in [0.29, 0.717) is 18.5 Å². The summed E-state index contributed by atoms with van der Waals surface area (Å²) in [6.07, 6.45) is 8.76. The molecule has 4 heteroatoms. The number of terminal acetylenes is 1. The molecule has 2 aromatic carbocycles. The van der Waals surface area contributed by atoms with Gasteiger partial charge in [-0.15, -0.1) is 12.8 Å². The maximum absolute atomic E-state index is 12.8. The number of hydrogen-bond acceptors (Lipinski definition) is 1. The second-order valence-corrected chi connectivity index (χ2v) is 6.30. The van der Waals surface area contributed by atoms with Gasteiger partial charge in [-0.25, -0.2) is 0 Å². The predicted octanol–water partition coefficient (Wildman–Crippen LogP) is 6.67. The van der Waals surface area contributed by atoms with E-state index in [0.717, 1.165) is 28.5 Å². The SMILES string of the molecule is C#C.C=C/C=c1/c([C@@H](C)NCCCc2cccc(C(F)(F)F)c2)cccc1=C.CC.CC. The summed E-state index contributed by atoms with van der Waals surface area (Å²) in [5.74, 6) is 0. The van der Waals surface area contributed by atoms with E-state index in [9.17, 15) is 13.2 Å². The van der Waals surface area contributed by atoms with Crippen LogP contribution >= 0.6 is 0 Å². The number of halogens is 3. The Morgan fingerprint density at radius 1 is 1.03 bits per heavy atom. The molecule has 1 nitrogen and oxygen atoms in total. The summed E-state index contributed by atoms with van der Waals surface area (Å²) in [4.78, 5) is 0. The number of allylic oxidation sites excluding steroid dienone is 1. The third-order valence-electron chi connectivity index (χ3n) is 4.33. The summed E-state index contributed by atoms with van der Waals surface area (Å²) in [5.41, 5.74) is 1.25. The highest BCUT2D eigenvalue weighted by Crippen LogP contribution is 2.29.